The van der Waals surface area contributed by atoms with E-state index in [4.69, 9.17) is 14.5 Å². The van der Waals surface area contributed by atoms with Crippen molar-refractivity contribution in [3.05, 3.63) is 59.0 Å². The molecule has 2 aromatic carbocycles. The zero-order valence-corrected chi connectivity index (χ0v) is 22.2. The topological polar surface area (TPSA) is 119 Å². The third-order valence-electron chi connectivity index (χ3n) is 5.61. The molecule has 0 saturated heterocycles. The van der Waals surface area contributed by atoms with E-state index < -0.39 is 17.6 Å². The molecule has 1 N–H and O–H groups in total. The van der Waals surface area contributed by atoms with Gasteiger partial charge in [0, 0.05) is 37.8 Å². The summed E-state index contributed by atoms with van der Waals surface area (Å²) in [6, 6.07) is 11.0. The summed E-state index contributed by atoms with van der Waals surface area (Å²) in [5.74, 6) is 0.714. The number of nitrogens with one attached hydrogen (secondary N) is 1. The van der Waals surface area contributed by atoms with Gasteiger partial charge in [0.2, 0.25) is 0 Å². The number of aromatic nitrogens is 3. The molecule has 0 aliphatic heterocycles. The number of methoxy groups -OCH3 is 2. The second kappa shape index (κ2) is 11.3. The minimum atomic E-state index is -0.645. The first kappa shape index (κ1) is 27.4. The minimum absolute atomic E-state index is 0.150. The number of rotatable bonds is 5. The number of nitrogens with zero attached hydrogens (tertiary/aromatic N) is 3. The Morgan fingerprint density at radius 1 is 1.22 bits per heavy atom. The third-order valence-corrected chi connectivity index (χ3v) is 5.61. The summed E-state index contributed by atoms with van der Waals surface area (Å²) in [6.45, 7) is 7.35. The highest BCUT2D eigenvalue weighted by Gasteiger charge is 2.28. The van der Waals surface area contributed by atoms with Crippen LogP contribution in [-0.2, 0) is 14.3 Å². The van der Waals surface area contributed by atoms with Crippen LogP contribution in [0, 0.1) is 18.3 Å². The standard InChI is InChI=1S/C26H26N4O4.C2H6O/c1-15-12-21(33-5)22(17-8-10-30(23(15)17)25(32)34-26(2,3)4)18(9-11-31)24-28-19-7-6-16(14-27)13-20(19)29-24;1-3-2/h6-8,10-13,18H,9H2,1-5H3,(H,28,29);1-2H3. The van der Waals surface area contributed by atoms with E-state index in [2.05, 4.69) is 15.8 Å². The van der Waals surface area contributed by atoms with Crippen molar-refractivity contribution in [1.82, 2.24) is 14.5 Å². The van der Waals surface area contributed by atoms with Gasteiger partial charge in [-0.3, -0.25) is 4.57 Å². The summed E-state index contributed by atoms with van der Waals surface area (Å²) in [6.07, 6.45) is 2.18. The Morgan fingerprint density at radius 2 is 1.92 bits per heavy atom. The molecule has 0 saturated carbocycles. The number of H-pyrrole nitrogens is 1. The Balaban J connectivity index is 0.00000121. The summed E-state index contributed by atoms with van der Waals surface area (Å²) in [5.41, 5.74) is 3.53. The van der Waals surface area contributed by atoms with Gasteiger partial charge in [0.15, 0.2) is 0 Å². The second-order valence-corrected chi connectivity index (χ2v) is 9.57. The van der Waals surface area contributed by atoms with Gasteiger partial charge in [-0.15, -0.1) is 0 Å². The predicted molar refractivity (Wildman–Crippen MR) is 141 cm³/mol. The van der Waals surface area contributed by atoms with Crippen LogP contribution < -0.4 is 4.74 Å². The van der Waals surface area contributed by atoms with Gasteiger partial charge in [-0.05, 0) is 63.6 Å². The lowest BCUT2D eigenvalue weighted by atomic mass is 9.90. The van der Waals surface area contributed by atoms with Crippen molar-refractivity contribution < 1.29 is 23.8 Å². The van der Waals surface area contributed by atoms with Gasteiger partial charge >= 0.3 is 6.09 Å². The molecule has 9 nitrogen and oxygen atoms in total. The predicted octanol–water partition coefficient (Wildman–Crippen LogP) is 5.47. The van der Waals surface area contributed by atoms with Crippen molar-refractivity contribution in [1.29, 1.82) is 5.26 Å². The lowest BCUT2D eigenvalue weighted by Crippen LogP contribution is -2.26. The Labute approximate surface area is 216 Å². The Bertz CT molecular complexity index is 1470. The molecule has 4 rings (SSSR count). The van der Waals surface area contributed by atoms with E-state index in [0.29, 0.717) is 33.7 Å². The van der Waals surface area contributed by atoms with Crippen LogP contribution in [0.2, 0.25) is 0 Å². The zero-order valence-electron chi connectivity index (χ0n) is 22.2. The number of aryl methyl sites for hydroxylation is 1. The van der Waals surface area contributed by atoms with E-state index >= 15 is 0 Å². The summed E-state index contributed by atoms with van der Waals surface area (Å²) in [5, 5.41) is 9.99. The van der Waals surface area contributed by atoms with Crippen molar-refractivity contribution in [2.45, 2.75) is 45.6 Å². The van der Waals surface area contributed by atoms with Crippen molar-refractivity contribution >= 4 is 34.3 Å². The van der Waals surface area contributed by atoms with Gasteiger partial charge in [0.05, 0.1) is 41.2 Å². The van der Waals surface area contributed by atoms with Gasteiger partial charge in [-0.25, -0.2) is 9.78 Å². The molecule has 0 amide bonds. The van der Waals surface area contributed by atoms with E-state index in [1.165, 1.54) is 4.57 Å². The van der Waals surface area contributed by atoms with Crippen LogP contribution in [0.15, 0.2) is 36.5 Å². The fourth-order valence-electron chi connectivity index (χ4n) is 4.25. The van der Waals surface area contributed by atoms with Crippen LogP contribution in [0.5, 0.6) is 5.75 Å². The molecule has 9 heteroatoms. The molecule has 0 aliphatic rings. The molecule has 0 spiro atoms. The smallest absolute Gasteiger partial charge is 0.419 e. The number of nitriles is 1. The molecule has 0 aliphatic carbocycles. The molecule has 0 fully saturated rings. The van der Waals surface area contributed by atoms with E-state index in [9.17, 15) is 14.9 Å². The fraction of sp³-hybridized carbons (Fsp3) is 0.357. The molecule has 0 radical (unpaired) electrons. The van der Waals surface area contributed by atoms with Crippen LogP contribution in [0.4, 0.5) is 4.79 Å². The first-order valence-corrected chi connectivity index (χ1v) is 11.7. The maximum atomic E-state index is 12.9. The molecule has 2 aromatic heterocycles. The molecular formula is C28H32N4O5. The number of carbonyl (C=O) groups is 2. The Hall–Kier alpha value is -4.16. The number of fused-ring (bicyclic) bond motifs is 2. The molecule has 0 bridgehead atoms. The number of benzene rings is 2. The van der Waals surface area contributed by atoms with Gasteiger partial charge in [0.1, 0.15) is 23.5 Å². The van der Waals surface area contributed by atoms with E-state index in [0.717, 1.165) is 22.8 Å². The van der Waals surface area contributed by atoms with Crippen LogP contribution in [0.25, 0.3) is 21.9 Å². The zero-order chi connectivity index (χ0) is 27.3. The average molecular weight is 505 g/mol. The first-order chi connectivity index (χ1) is 17.6. The number of aldehydes is 1. The number of aromatic amines is 1. The van der Waals surface area contributed by atoms with E-state index in [1.807, 2.05) is 39.8 Å². The highest BCUT2D eigenvalue weighted by molar-refractivity contribution is 5.96. The normalized spacial score (nSPS) is 11.9. The van der Waals surface area contributed by atoms with Gasteiger partial charge in [-0.1, -0.05) is 0 Å². The Kier molecular flexibility index (Phi) is 8.35. The SMILES string of the molecule is COC.COc1cc(C)c2c(ccn2C(=O)OC(C)(C)C)c1C(CC=O)c1nc2ccc(C#N)cc2[nH]1. The van der Waals surface area contributed by atoms with Gasteiger partial charge in [-0.2, -0.15) is 5.26 Å². The summed E-state index contributed by atoms with van der Waals surface area (Å²) in [4.78, 5) is 32.6. The number of carbonyl (C=O) groups excluding carboxylic acids is 2. The minimum Gasteiger partial charge on any atom is -0.496 e. The second-order valence-electron chi connectivity index (χ2n) is 9.57. The largest absolute Gasteiger partial charge is 0.496 e. The van der Waals surface area contributed by atoms with Gasteiger partial charge < -0.3 is 24.0 Å². The summed E-state index contributed by atoms with van der Waals surface area (Å²) in [7, 11) is 4.82. The highest BCUT2D eigenvalue weighted by atomic mass is 16.6. The molecule has 2 heterocycles. The third kappa shape index (κ3) is 5.81. The van der Waals surface area contributed by atoms with E-state index in [1.54, 1.807) is 45.7 Å². The van der Waals surface area contributed by atoms with Crippen molar-refractivity contribution in [2.75, 3.05) is 21.3 Å². The molecule has 37 heavy (non-hydrogen) atoms. The highest BCUT2D eigenvalue weighted by Crippen LogP contribution is 2.41. The number of ether oxygens (including phenoxy) is 3. The molecule has 194 valence electrons. The summed E-state index contributed by atoms with van der Waals surface area (Å²) >= 11 is 0. The molecule has 1 unspecified atom stereocenters. The monoisotopic (exact) mass is 504 g/mol. The summed E-state index contributed by atoms with van der Waals surface area (Å²) < 4.78 is 17.0. The maximum absolute atomic E-state index is 12.9. The van der Waals surface area contributed by atoms with Crippen LogP contribution in [0.1, 0.15) is 55.6 Å². The quantitative estimate of drug-likeness (QED) is 0.358. The first-order valence-electron chi connectivity index (χ1n) is 11.7. The van der Waals surface area contributed by atoms with Crippen LogP contribution >= 0.6 is 0 Å². The van der Waals surface area contributed by atoms with Crippen molar-refractivity contribution in [2.24, 2.45) is 0 Å². The lowest BCUT2D eigenvalue weighted by molar-refractivity contribution is -0.108. The lowest BCUT2D eigenvalue weighted by Gasteiger charge is -2.21. The van der Waals surface area contributed by atoms with Crippen molar-refractivity contribution in [3.8, 4) is 11.8 Å². The number of hydrogen-bond acceptors (Lipinski definition) is 7. The molecule has 4 aromatic rings. The van der Waals surface area contributed by atoms with Crippen molar-refractivity contribution in [3.63, 3.8) is 0 Å². The van der Waals surface area contributed by atoms with Gasteiger partial charge in [0.25, 0.3) is 0 Å². The molecular weight excluding hydrogens is 472 g/mol. The number of hydrogen-bond donors (Lipinski definition) is 1. The average Bonchev–Trinajstić information content (AvgIpc) is 3.46. The van der Waals surface area contributed by atoms with Crippen LogP contribution in [0.3, 0.4) is 0 Å². The fourth-order valence-corrected chi connectivity index (χ4v) is 4.25. The molecule has 1 atom stereocenters. The maximum Gasteiger partial charge on any atom is 0.419 e. The van der Waals surface area contributed by atoms with Crippen LogP contribution in [-0.4, -0.2) is 53.8 Å². The van der Waals surface area contributed by atoms with E-state index in [-0.39, 0.29) is 6.42 Å². The Morgan fingerprint density at radius 3 is 2.51 bits per heavy atom. The number of imidazole rings is 1.